The van der Waals surface area contributed by atoms with Gasteiger partial charge in [0, 0.05) is 5.92 Å². The third-order valence-corrected chi connectivity index (χ3v) is 16.7. The molecule has 0 bridgehead atoms. The molecule has 0 saturated heterocycles. The average molecular weight is 620 g/mol. The number of rotatable bonds is 6. The van der Waals surface area contributed by atoms with E-state index in [9.17, 15) is 0 Å². The highest BCUT2D eigenvalue weighted by atomic mass is 127. The van der Waals surface area contributed by atoms with Crippen LogP contribution in [0.1, 0.15) is 33.2 Å². The molecule has 1 fully saturated rings. The second kappa shape index (κ2) is 9.39. The zero-order valence-electron chi connectivity index (χ0n) is 22.0. The molecule has 1 aliphatic rings. The summed E-state index contributed by atoms with van der Waals surface area (Å²) in [5.74, 6) is 0.558. The second-order valence-corrected chi connectivity index (χ2v) is 22.5. The van der Waals surface area contributed by atoms with Crippen LogP contribution in [0.25, 0.3) is 11.2 Å². The van der Waals surface area contributed by atoms with E-state index in [1.165, 1.54) is 10.8 Å². The third-order valence-electron chi connectivity index (χ3n) is 8.08. The molecule has 188 valence electrons. The number of hydrogen-bond donors (Lipinski definition) is 1. The Balaban J connectivity index is 1.73. The molecular weight excluding hydrogens is 581 g/mol. The van der Waals surface area contributed by atoms with Crippen LogP contribution in [0.15, 0.2) is 48.8 Å². The Kier molecular flexibility index (Phi) is 7.11. The topological polar surface area (TPSA) is 78.8 Å². The van der Waals surface area contributed by atoms with Gasteiger partial charge in [0.05, 0.1) is 26.5 Å². The van der Waals surface area contributed by atoms with E-state index >= 15 is 0 Å². The van der Waals surface area contributed by atoms with E-state index in [0.29, 0.717) is 0 Å². The Hall–Kier alpha value is -1.57. The Morgan fingerprint density at radius 2 is 1.80 bits per heavy atom. The molecule has 2 aromatic heterocycles. The van der Waals surface area contributed by atoms with Crippen molar-refractivity contribution in [3.05, 3.63) is 52.5 Å². The fourth-order valence-corrected chi connectivity index (χ4v) is 9.90. The maximum atomic E-state index is 7.12. The Morgan fingerprint density at radius 1 is 1.14 bits per heavy atom. The van der Waals surface area contributed by atoms with E-state index in [4.69, 9.17) is 10.2 Å². The summed E-state index contributed by atoms with van der Waals surface area (Å²) >= 11 is 2.18. The number of hydrogen-bond acceptors (Lipinski definition) is 5. The lowest BCUT2D eigenvalue weighted by Gasteiger charge is -2.40. The van der Waals surface area contributed by atoms with Gasteiger partial charge in [-0.25, -0.2) is 9.97 Å². The molecule has 3 unspecified atom stereocenters. The number of fused-ring (bicyclic) bond motifs is 1. The lowest BCUT2D eigenvalue weighted by molar-refractivity contribution is 0.152. The molecule has 2 N–H and O–H groups in total. The summed E-state index contributed by atoms with van der Waals surface area (Å²) in [6.45, 7) is 21.2. The van der Waals surface area contributed by atoms with Crippen LogP contribution in [0.5, 0.6) is 0 Å². The number of nitrogen functional groups attached to an aromatic ring is 1. The normalized spacial score (nSPS) is 21.7. The minimum atomic E-state index is -1.98. The Morgan fingerprint density at radius 3 is 2.43 bits per heavy atom. The third kappa shape index (κ3) is 5.14. The first-order valence-corrected chi connectivity index (χ1v) is 19.5. The first-order chi connectivity index (χ1) is 16.2. The molecule has 0 aliphatic heterocycles. The van der Waals surface area contributed by atoms with Gasteiger partial charge in [0.25, 0.3) is 0 Å². The van der Waals surface area contributed by atoms with Gasteiger partial charge >= 0.3 is 0 Å². The van der Waals surface area contributed by atoms with Gasteiger partial charge in [0.15, 0.2) is 14.0 Å². The maximum absolute atomic E-state index is 7.12. The van der Waals surface area contributed by atoms with Crippen LogP contribution in [0.4, 0.5) is 5.95 Å². The molecule has 0 amide bonds. The van der Waals surface area contributed by atoms with Crippen molar-refractivity contribution in [3.63, 3.8) is 0 Å². The largest absolute Gasteiger partial charge is 0.413 e. The minimum Gasteiger partial charge on any atom is -0.413 e. The highest BCUT2D eigenvalue weighted by Crippen LogP contribution is 2.48. The van der Waals surface area contributed by atoms with E-state index in [2.05, 4.69) is 126 Å². The molecule has 3 aromatic rings. The molecule has 6 nitrogen and oxygen atoms in total. The van der Waals surface area contributed by atoms with E-state index in [0.717, 1.165) is 27.3 Å². The molecule has 0 spiro atoms. The first kappa shape index (κ1) is 26.5. The van der Waals surface area contributed by atoms with E-state index in [-0.39, 0.29) is 29.1 Å². The summed E-state index contributed by atoms with van der Waals surface area (Å²) in [4.78, 5) is 13.5. The summed E-state index contributed by atoms with van der Waals surface area (Å²) in [7, 11) is -3.71. The van der Waals surface area contributed by atoms with Crippen molar-refractivity contribution >= 4 is 61.3 Å². The van der Waals surface area contributed by atoms with Gasteiger partial charge < -0.3 is 14.7 Å². The average Bonchev–Trinajstić information content (AvgIpc) is 3.29. The number of nitrogens with two attached hydrogens (primary N) is 1. The number of imidazole rings is 1. The molecule has 4 rings (SSSR count). The molecular formula is C26H38IN5OSi2. The number of anilines is 1. The highest BCUT2D eigenvalue weighted by Gasteiger charge is 2.47. The van der Waals surface area contributed by atoms with Crippen LogP contribution < -0.4 is 10.9 Å². The lowest BCUT2D eigenvalue weighted by Crippen LogP contribution is -2.48. The van der Waals surface area contributed by atoms with Gasteiger partial charge in [-0.3, -0.25) is 0 Å². The molecule has 35 heavy (non-hydrogen) atoms. The Labute approximate surface area is 225 Å². The van der Waals surface area contributed by atoms with Crippen LogP contribution in [0, 0.1) is 9.62 Å². The fourth-order valence-electron chi connectivity index (χ4n) is 4.94. The fraction of sp³-hybridized carbons (Fsp3) is 0.500. The number of halogens is 1. The summed E-state index contributed by atoms with van der Waals surface area (Å²) in [5, 5.41) is 1.62. The van der Waals surface area contributed by atoms with Gasteiger partial charge in [-0.15, -0.1) is 0 Å². The first-order valence-electron chi connectivity index (χ1n) is 12.3. The standard InChI is InChI=1S/C26H38IN5OSi2/c1-17-19(15-34(5,6)18-12-10-9-11-13-18)21(33-35(7,8)26(2,3)4)14-20(17)32-16-29-22-23(27)30-25(28)31-24(22)32/h9-13,16,19-21H,1,14-15H2,2-8H3,(H2,28,30,31). The van der Waals surface area contributed by atoms with Gasteiger partial charge in [-0.1, -0.05) is 76.0 Å². The zero-order valence-corrected chi connectivity index (χ0v) is 26.1. The van der Waals surface area contributed by atoms with Crippen LogP contribution in [-0.4, -0.2) is 42.0 Å². The second-order valence-electron chi connectivity index (χ2n) is 12.0. The predicted molar refractivity (Wildman–Crippen MR) is 159 cm³/mol. The molecule has 0 radical (unpaired) electrons. The Bertz CT molecular complexity index is 1240. The van der Waals surface area contributed by atoms with Crippen LogP contribution in [0.3, 0.4) is 0 Å². The maximum Gasteiger partial charge on any atom is 0.223 e. The van der Waals surface area contributed by atoms with Crippen molar-refractivity contribution < 1.29 is 4.43 Å². The van der Waals surface area contributed by atoms with Gasteiger partial charge in [-0.05, 0) is 58.8 Å². The summed E-state index contributed by atoms with van der Waals surface area (Å²) < 4.78 is 10.0. The van der Waals surface area contributed by atoms with Crippen molar-refractivity contribution in [2.24, 2.45) is 5.92 Å². The van der Waals surface area contributed by atoms with E-state index < -0.39 is 16.4 Å². The summed E-state index contributed by atoms with van der Waals surface area (Å²) in [6, 6.07) is 12.2. The number of nitrogens with zero attached hydrogens (tertiary/aromatic N) is 4. The SMILES string of the molecule is C=C1C(C[Si](C)(C)c2ccccc2)C(O[Si](C)(C)C(C)(C)C)CC1n1cnc2c(I)nc(N)nc21. The minimum absolute atomic E-state index is 0.0745. The number of benzene rings is 1. The summed E-state index contributed by atoms with van der Waals surface area (Å²) in [5.41, 5.74) is 8.80. The van der Waals surface area contributed by atoms with Crippen molar-refractivity contribution in [2.75, 3.05) is 5.73 Å². The van der Waals surface area contributed by atoms with E-state index in [1.807, 2.05) is 6.33 Å². The van der Waals surface area contributed by atoms with Crippen LogP contribution in [-0.2, 0) is 4.43 Å². The van der Waals surface area contributed by atoms with Crippen molar-refractivity contribution in [1.82, 2.24) is 19.5 Å². The van der Waals surface area contributed by atoms with Gasteiger partial charge in [-0.2, -0.15) is 4.98 Å². The van der Waals surface area contributed by atoms with Crippen molar-refractivity contribution in [1.29, 1.82) is 0 Å². The molecule has 1 aromatic carbocycles. The smallest absolute Gasteiger partial charge is 0.223 e. The molecule has 1 aliphatic carbocycles. The van der Waals surface area contributed by atoms with Crippen LogP contribution >= 0.6 is 22.6 Å². The van der Waals surface area contributed by atoms with Crippen molar-refractivity contribution in [2.45, 2.75) is 76.6 Å². The molecule has 2 heterocycles. The highest BCUT2D eigenvalue weighted by molar-refractivity contribution is 14.1. The number of aromatic nitrogens is 4. The predicted octanol–water partition coefficient (Wildman–Crippen LogP) is 6.14. The summed E-state index contributed by atoms with van der Waals surface area (Å²) in [6.07, 6.45) is 2.88. The molecule has 1 saturated carbocycles. The lowest BCUT2D eigenvalue weighted by atomic mass is 10.0. The molecule has 9 heteroatoms. The molecule has 3 atom stereocenters. The van der Waals surface area contributed by atoms with Crippen LogP contribution in [0.2, 0.25) is 37.3 Å². The van der Waals surface area contributed by atoms with Gasteiger partial charge in [0.2, 0.25) is 5.95 Å². The monoisotopic (exact) mass is 619 g/mol. The zero-order chi connectivity index (χ0) is 25.8. The quantitative estimate of drug-likeness (QED) is 0.155. The van der Waals surface area contributed by atoms with E-state index in [1.54, 1.807) is 0 Å². The van der Waals surface area contributed by atoms with Crippen molar-refractivity contribution in [3.8, 4) is 0 Å². The van der Waals surface area contributed by atoms with Gasteiger partial charge in [0.1, 0.15) is 9.22 Å².